The molecule has 1 saturated heterocycles. The monoisotopic (exact) mass is 270 g/mol. The molecule has 1 fully saturated rings. The van der Waals surface area contributed by atoms with Gasteiger partial charge in [-0.15, -0.1) is 0 Å². The van der Waals surface area contributed by atoms with E-state index in [-0.39, 0.29) is 11.9 Å². The third kappa shape index (κ3) is 5.89. The summed E-state index contributed by atoms with van der Waals surface area (Å²) < 4.78 is 0. The molecule has 0 aromatic rings. The number of rotatable bonds is 7. The number of carbonyl (C=O) groups is 1. The van der Waals surface area contributed by atoms with Crippen molar-refractivity contribution in [2.45, 2.75) is 32.2 Å². The molecule has 1 amide bonds. The van der Waals surface area contributed by atoms with Crippen molar-refractivity contribution in [2.75, 3.05) is 53.4 Å². The van der Waals surface area contributed by atoms with Gasteiger partial charge in [0.05, 0.1) is 6.04 Å². The SMILES string of the molecule is CCCC[C@H](N)C(=O)N1CCN(CCN(C)C)CC1. The van der Waals surface area contributed by atoms with Crippen LogP contribution in [-0.4, -0.2) is 80.0 Å². The first-order valence-corrected chi connectivity index (χ1v) is 7.46. The number of piperazine rings is 1. The van der Waals surface area contributed by atoms with Crippen molar-refractivity contribution in [3.63, 3.8) is 0 Å². The Hall–Kier alpha value is -0.650. The van der Waals surface area contributed by atoms with Gasteiger partial charge in [-0.2, -0.15) is 0 Å². The zero-order valence-corrected chi connectivity index (χ0v) is 12.8. The van der Waals surface area contributed by atoms with Gasteiger partial charge in [-0.25, -0.2) is 0 Å². The molecule has 0 aliphatic carbocycles. The van der Waals surface area contributed by atoms with Crippen molar-refractivity contribution < 1.29 is 4.79 Å². The molecule has 19 heavy (non-hydrogen) atoms. The Bertz CT molecular complexity index is 262. The average Bonchev–Trinajstić information content (AvgIpc) is 2.42. The third-order valence-electron chi connectivity index (χ3n) is 3.73. The van der Waals surface area contributed by atoms with Crippen LogP contribution in [0.1, 0.15) is 26.2 Å². The Balaban J connectivity index is 2.26. The van der Waals surface area contributed by atoms with Gasteiger partial charge in [0.15, 0.2) is 0 Å². The zero-order valence-electron chi connectivity index (χ0n) is 12.8. The van der Waals surface area contributed by atoms with E-state index >= 15 is 0 Å². The van der Waals surface area contributed by atoms with Crippen LogP contribution < -0.4 is 5.73 Å². The number of likely N-dealkylation sites (N-methyl/N-ethyl adjacent to an activating group) is 1. The van der Waals surface area contributed by atoms with E-state index in [9.17, 15) is 4.79 Å². The van der Waals surface area contributed by atoms with Crippen LogP contribution in [0.5, 0.6) is 0 Å². The predicted molar refractivity (Wildman–Crippen MR) is 79.1 cm³/mol. The second-order valence-corrected chi connectivity index (χ2v) is 5.72. The third-order valence-corrected chi connectivity index (χ3v) is 3.73. The molecule has 1 aliphatic rings. The average molecular weight is 270 g/mol. The predicted octanol–water partition coefficient (Wildman–Crippen LogP) is 0.210. The van der Waals surface area contributed by atoms with Gasteiger partial charge in [-0.1, -0.05) is 19.8 Å². The maximum absolute atomic E-state index is 12.2. The number of carbonyl (C=O) groups excluding carboxylic acids is 1. The van der Waals surface area contributed by atoms with E-state index in [0.717, 1.165) is 58.5 Å². The summed E-state index contributed by atoms with van der Waals surface area (Å²) in [5, 5.41) is 0. The highest BCUT2D eigenvalue weighted by Gasteiger charge is 2.24. The molecule has 1 rings (SSSR count). The zero-order chi connectivity index (χ0) is 14.3. The summed E-state index contributed by atoms with van der Waals surface area (Å²) in [6.45, 7) is 7.87. The van der Waals surface area contributed by atoms with Crippen LogP contribution in [0, 0.1) is 0 Å². The lowest BCUT2D eigenvalue weighted by Gasteiger charge is -2.36. The molecule has 5 heteroatoms. The summed E-state index contributed by atoms with van der Waals surface area (Å²) in [6.07, 6.45) is 2.95. The lowest BCUT2D eigenvalue weighted by atomic mass is 10.1. The van der Waals surface area contributed by atoms with Crippen molar-refractivity contribution >= 4 is 5.91 Å². The molecule has 1 heterocycles. The molecule has 0 radical (unpaired) electrons. The Labute approximate surface area is 117 Å². The first kappa shape index (κ1) is 16.4. The Morgan fingerprint density at radius 3 is 2.42 bits per heavy atom. The highest BCUT2D eigenvalue weighted by Crippen LogP contribution is 2.07. The molecule has 112 valence electrons. The second-order valence-electron chi connectivity index (χ2n) is 5.72. The summed E-state index contributed by atoms with van der Waals surface area (Å²) in [4.78, 5) is 18.7. The van der Waals surface area contributed by atoms with Crippen molar-refractivity contribution in [3.05, 3.63) is 0 Å². The summed E-state index contributed by atoms with van der Waals surface area (Å²) >= 11 is 0. The molecule has 0 spiro atoms. The summed E-state index contributed by atoms with van der Waals surface area (Å²) in [6, 6.07) is -0.298. The van der Waals surface area contributed by atoms with Crippen LogP contribution >= 0.6 is 0 Å². The second kappa shape index (κ2) is 8.51. The quantitative estimate of drug-likeness (QED) is 0.718. The Kier molecular flexibility index (Phi) is 7.34. The van der Waals surface area contributed by atoms with E-state index in [2.05, 4.69) is 30.8 Å². The van der Waals surface area contributed by atoms with Crippen LogP contribution in [-0.2, 0) is 4.79 Å². The number of nitrogens with zero attached hydrogens (tertiary/aromatic N) is 3. The summed E-state index contributed by atoms with van der Waals surface area (Å²) in [5.41, 5.74) is 5.96. The molecule has 0 aromatic heterocycles. The molecule has 1 aliphatic heterocycles. The molecular weight excluding hydrogens is 240 g/mol. The number of hydrogen-bond donors (Lipinski definition) is 1. The van der Waals surface area contributed by atoms with Crippen LogP contribution in [0.25, 0.3) is 0 Å². The number of unbranched alkanes of at least 4 members (excludes halogenated alkanes) is 1. The molecule has 2 N–H and O–H groups in total. The smallest absolute Gasteiger partial charge is 0.239 e. The van der Waals surface area contributed by atoms with Crippen LogP contribution in [0.2, 0.25) is 0 Å². The standard InChI is InChI=1S/C14H30N4O/c1-4-5-6-13(15)14(19)18-11-9-17(10-12-18)8-7-16(2)3/h13H,4-12,15H2,1-3H3/t13-/m0/s1. The van der Waals surface area contributed by atoms with Crippen LogP contribution in [0.3, 0.4) is 0 Å². The van der Waals surface area contributed by atoms with Crippen molar-refractivity contribution in [3.8, 4) is 0 Å². The molecule has 5 nitrogen and oxygen atoms in total. The lowest BCUT2D eigenvalue weighted by molar-refractivity contribution is -0.134. The van der Waals surface area contributed by atoms with Crippen molar-refractivity contribution in [1.82, 2.24) is 14.7 Å². The summed E-state index contributed by atoms with van der Waals surface area (Å²) in [7, 11) is 4.18. The van der Waals surface area contributed by atoms with Gasteiger partial charge in [0.1, 0.15) is 0 Å². The van der Waals surface area contributed by atoms with E-state index in [1.165, 1.54) is 0 Å². The van der Waals surface area contributed by atoms with E-state index in [1.54, 1.807) is 0 Å². The highest BCUT2D eigenvalue weighted by atomic mass is 16.2. The van der Waals surface area contributed by atoms with Crippen LogP contribution in [0.4, 0.5) is 0 Å². The van der Waals surface area contributed by atoms with Gasteiger partial charge in [0, 0.05) is 39.3 Å². The van der Waals surface area contributed by atoms with Gasteiger partial charge in [-0.3, -0.25) is 9.69 Å². The lowest BCUT2D eigenvalue weighted by Crippen LogP contribution is -2.53. The largest absolute Gasteiger partial charge is 0.339 e. The van der Waals surface area contributed by atoms with Gasteiger partial charge in [0.25, 0.3) is 0 Å². The van der Waals surface area contributed by atoms with Gasteiger partial charge >= 0.3 is 0 Å². The van der Waals surface area contributed by atoms with E-state index in [4.69, 9.17) is 5.73 Å². The minimum atomic E-state index is -0.298. The van der Waals surface area contributed by atoms with Crippen molar-refractivity contribution in [1.29, 1.82) is 0 Å². The van der Waals surface area contributed by atoms with Gasteiger partial charge in [-0.05, 0) is 20.5 Å². The van der Waals surface area contributed by atoms with Crippen LogP contribution in [0.15, 0.2) is 0 Å². The Morgan fingerprint density at radius 1 is 1.26 bits per heavy atom. The first-order chi connectivity index (χ1) is 9.04. The maximum Gasteiger partial charge on any atom is 0.239 e. The minimum Gasteiger partial charge on any atom is -0.339 e. The molecule has 1 atom stereocenters. The minimum absolute atomic E-state index is 0.140. The number of nitrogens with two attached hydrogens (primary N) is 1. The normalized spacial score (nSPS) is 18.9. The molecule has 0 bridgehead atoms. The van der Waals surface area contributed by atoms with E-state index in [1.807, 2.05) is 4.90 Å². The topological polar surface area (TPSA) is 52.8 Å². The molecule has 0 saturated carbocycles. The molecule has 0 unspecified atom stereocenters. The van der Waals surface area contributed by atoms with Crippen molar-refractivity contribution in [2.24, 2.45) is 5.73 Å². The maximum atomic E-state index is 12.2. The molecular formula is C14H30N4O. The fourth-order valence-corrected chi connectivity index (χ4v) is 2.32. The number of amides is 1. The van der Waals surface area contributed by atoms with Gasteiger partial charge < -0.3 is 15.5 Å². The fraction of sp³-hybridized carbons (Fsp3) is 0.929. The summed E-state index contributed by atoms with van der Waals surface area (Å²) in [5.74, 6) is 0.140. The van der Waals surface area contributed by atoms with E-state index in [0.29, 0.717) is 0 Å². The Morgan fingerprint density at radius 2 is 1.89 bits per heavy atom. The first-order valence-electron chi connectivity index (χ1n) is 7.46. The highest BCUT2D eigenvalue weighted by molar-refractivity contribution is 5.81. The molecule has 0 aromatic carbocycles. The van der Waals surface area contributed by atoms with E-state index < -0.39 is 0 Å². The van der Waals surface area contributed by atoms with Gasteiger partial charge in [0.2, 0.25) is 5.91 Å². The number of hydrogen-bond acceptors (Lipinski definition) is 4. The fourth-order valence-electron chi connectivity index (χ4n) is 2.32.